The van der Waals surface area contributed by atoms with Crippen LogP contribution in [0, 0.1) is 5.41 Å². The SMILES string of the molecule is CC1(C)CCCC(NCC(O)c2ccsc2)CC1. The fraction of sp³-hybridized carbons (Fsp3) is 0.733. The standard InChI is InChI=1S/C15H25NOS/c1-15(2)7-3-4-13(5-8-15)16-10-14(17)12-6-9-18-11-12/h6,9,11,13-14,16-17H,3-5,7-8,10H2,1-2H3. The normalized spacial score (nSPS) is 25.6. The van der Waals surface area contributed by atoms with Crippen LogP contribution in [0.5, 0.6) is 0 Å². The van der Waals surface area contributed by atoms with Gasteiger partial charge in [0.25, 0.3) is 0 Å². The Hall–Kier alpha value is -0.380. The van der Waals surface area contributed by atoms with Crippen molar-refractivity contribution in [1.29, 1.82) is 0 Å². The quantitative estimate of drug-likeness (QED) is 0.815. The Bertz CT molecular complexity index is 347. The van der Waals surface area contributed by atoms with Crippen molar-refractivity contribution in [3.05, 3.63) is 22.4 Å². The highest BCUT2D eigenvalue weighted by molar-refractivity contribution is 7.07. The van der Waals surface area contributed by atoms with E-state index in [2.05, 4.69) is 19.2 Å². The molecule has 2 N–H and O–H groups in total. The second-order valence-corrected chi connectivity index (χ2v) is 7.05. The number of hydrogen-bond acceptors (Lipinski definition) is 3. The Balaban J connectivity index is 1.77. The fourth-order valence-corrected chi connectivity index (χ4v) is 3.43. The van der Waals surface area contributed by atoms with Gasteiger partial charge >= 0.3 is 0 Å². The van der Waals surface area contributed by atoms with Gasteiger partial charge in [-0.1, -0.05) is 20.3 Å². The molecular formula is C15H25NOS. The van der Waals surface area contributed by atoms with E-state index in [9.17, 15) is 5.11 Å². The second-order valence-electron chi connectivity index (χ2n) is 6.27. The summed E-state index contributed by atoms with van der Waals surface area (Å²) in [5.41, 5.74) is 1.55. The van der Waals surface area contributed by atoms with E-state index in [1.165, 1.54) is 32.1 Å². The van der Waals surface area contributed by atoms with Crippen molar-refractivity contribution in [2.24, 2.45) is 5.41 Å². The van der Waals surface area contributed by atoms with Gasteiger partial charge in [0.15, 0.2) is 0 Å². The van der Waals surface area contributed by atoms with Crippen LogP contribution in [0.4, 0.5) is 0 Å². The number of nitrogens with one attached hydrogen (secondary N) is 1. The van der Waals surface area contributed by atoms with E-state index in [-0.39, 0.29) is 6.10 Å². The molecule has 1 aliphatic rings. The highest BCUT2D eigenvalue weighted by atomic mass is 32.1. The molecule has 0 aliphatic heterocycles. The predicted octanol–water partition coefficient (Wildman–Crippen LogP) is 3.73. The van der Waals surface area contributed by atoms with Crippen molar-refractivity contribution in [2.75, 3.05) is 6.54 Å². The van der Waals surface area contributed by atoms with Crippen LogP contribution in [0.2, 0.25) is 0 Å². The van der Waals surface area contributed by atoms with Gasteiger partial charge in [-0.05, 0) is 53.5 Å². The van der Waals surface area contributed by atoms with E-state index in [0.717, 1.165) is 5.56 Å². The molecule has 2 unspecified atom stereocenters. The molecule has 102 valence electrons. The lowest BCUT2D eigenvalue weighted by atomic mass is 9.85. The molecule has 0 saturated heterocycles. The van der Waals surface area contributed by atoms with E-state index >= 15 is 0 Å². The Morgan fingerprint density at radius 2 is 2.28 bits per heavy atom. The number of thiophene rings is 1. The lowest BCUT2D eigenvalue weighted by molar-refractivity contribution is 0.168. The molecule has 2 nitrogen and oxygen atoms in total. The van der Waals surface area contributed by atoms with E-state index < -0.39 is 0 Å². The van der Waals surface area contributed by atoms with Crippen molar-refractivity contribution in [3.8, 4) is 0 Å². The minimum Gasteiger partial charge on any atom is -0.387 e. The van der Waals surface area contributed by atoms with Crippen molar-refractivity contribution < 1.29 is 5.11 Å². The van der Waals surface area contributed by atoms with E-state index in [1.807, 2.05) is 16.8 Å². The summed E-state index contributed by atoms with van der Waals surface area (Å²) < 4.78 is 0. The zero-order valence-corrected chi connectivity index (χ0v) is 12.3. The molecule has 1 aliphatic carbocycles. The second kappa shape index (κ2) is 6.18. The third-order valence-electron chi connectivity index (χ3n) is 4.10. The average molecular weight is 267 g/mol. The molecule has 1 fully saturated rings. The topological polar surface area (TPSA) is 32.3 Å². The maximum absolute atomic E-state index is 10.1. The molecule has 0 bridgehead atoms. The number of hydrogen-bond donors (Lipinski definition) is 2. The molecule has 1 aromatic heterocycles. The minimum atomic E-state index is -0.354. The van der Waals surface area contributed by atoms with Gasteiger partial charge in [0.05, 0.1) is 6.10 Å². The van der Waals surface area contributed by atoms with Crippen LogP contribution in [0.3, 0.4) is 0 Å². The first-order valence-corrected chi connectivity index (χ1v) is 7.95. The fourth-order valence-electron chi connectivity index (χ4n) is 2.73. The summed E-state index contributed by atoms with van der Waals surface area (Å²) >= 11 is 1.64. The van der Waals surface area contributed by atoms with Crippen molar-refractivity contribution in [2.45, 2.75) is 58.1 Å². The summed E-state index contributed by atoms with van der Waals surface area (Å²) in [6.07, 6.45) is 6.06. The maximum atomic E-state index is 10.1. The molecule has 2 atom stereocenters. The van der Waals surface area contributed by atoms with Crippen molar-refractivity contribution in [1.82, 2.24) is 5.32 Å². The Morgan fingerprint density at radius 3 is 3.00 bits per heavy atom. The van der Waals surface area contributed by atoms with Crippen LogP contribution in [-0.4, -0.2) is 17.7 Å². The third-order valence-corrected chi connectivity index (χ3v) is 4.81. The molecule has 18 heavy (non-hydrogen) atoms. The first-order chi connectivity index (χ1) is 8.57. The molecule has 0 aromatic carbocycles. The van der Waals surface area contributed by atoms with Crippen LogP contribution in [0.15, 0.2) is 16.8 Å². The molecule has 0 spiro atoms. The van der Waals surface area contributed by atoms with Crippen molar-refractivity contribution >= 4 is 11.3 Å². The monoisotopic (exact) mass is 267 g/mol. The van der Waals surface area contributed by atoms with E-state index in [4.69, 9.17) is 0 Å². The van der Waals surface area contributed by atoms with Gasteiger partial charge in [-0.15, -0.1) is 0 Å². The van der Waals surface area contributed by atoms with Crippen LogP contribution in [0.25, 0.3) is 0 Å². The highest BCUT2D eigenvalue weighted by Gasteiger charge is 2.24. The lowest BCUT2D eigenvalue weighted by Crippen LogP contribution is -2.32. The summed E-state index contributed by atoms with van der Waals surface area (Å²) in [6.45, 7) is 5.42. The van der Waals surface area contributed by atoms with Gasteiger partial charge in [0.1, 0.15) is 0 Å². The smallest absolute Gasteiger partial charge is 0.0922 e. The van der Waals surface area contributed by atoms with Crippen LogP contribution < -0.4 is 5.32 Å². The number of aliphatic hydroxyl groups is 1. The molecule has 1 heterocycles. The van der Waals surface area contributed by atoms with Crippen LogP contribution in [0.1, 0.15) is 57.6 Å². The zero-order valence-electron chi connectivity index (χ0n) is 11.5. The van der Waals surface area contributed by atoms with Gasteiger partial charge in [-0.25, -0.2) is 0 Å². The van der Waals surface area contributed by atoms with Gasteiger partial charge in [0.2, 0.25) is 0 Å². The summed E-state index contributed by atoms with van der Waals surface area (Å²) in [4.78, 5) is 0. The first-order valence-electron chi connectivity index (χ1n) is 7.00. The summed E-state index contributed by atoms with van der Waals surface area (Å²) in [5.74, 6) is 0. The summed E-state index contributed by atoms with van der Waals surface area (Å²) in [6, 6.07) is 2.59. The average Bonchev–Trinajstić information content (AvgIpc) is 2.79. The van der Waals surface area contributed by atoms with Crippen LogP contribution >= 0.6 is 11.3 Å². The lowest BCUT2D eigenvalue weighted by Gasteiger charge is -2.22. The number of aliphatic hydroxyl groups excluding tert-OH is 1. The minimum absolute atomic E-state index is 0.354. The molecule has 3 heteroatoms. The number of rotatable bonds is 4. The molecule has 1 saturated carbocycles. The Morgan fingerprint density at radius 1 is 1.44 bits per heavy atom. The Labute approximate surface area is 114 Å². The van der Waals surface area contributed by atoms with Crippen LogP contribution in [-0.2, 0) is 0 Å². The zero-order chi connectivity index (χ0) is 13.0. The third kappa shape index (κ3) is 4.08. The van der Waals surface area contributed by atoms with E-state index in [0.29, 0.717) is 18.0 Å². The molecule has 0 amide bonds. The van der Waals surface area contributed by atoms with Gasteiger partial charge in [-0.3, -0.25) is 0 Å². The first kappa shape index (κ1) is 14.0. The maximum Gasteiger partial charge on any atom is 0.0922 e. The molecular weight excluding hydrogens is 242 g/mol. The highest BCUT2D eigenvalue weighted by Crippen LogP contribution is 2.33. The Kier molecular flexibility index (Phi) is 4.82. The van der Waals surface area contributed by atoms with E-state index in [1.54, 1.807) is 11.3 Å². The van der Waals surface area contributed by atoms with Gasteiger partial charge in [0, 0.05) is 12.6 Å². The van der Waals surface area contributed by atoms with Crippen molar-refractivity contribution in [3.63, 3.8) is 0 Å². The molecule has 0 radical (unpaired) electrons. The largest absolute Gasteiger partial charge is 0.387 e. The predicted molar refractivity (Wildman–Crippen MR) is 77.9 cm³/mol. The summed E-state index contributed by atoms with van der Waals surface area (Å²) in [5, 5.41) is 17.7. The van der Waals surface area contributed by atoms with Gasteiger partial charge in [-0.2, -0.15) is 11.3 Å². The molecule has 2 rings (SSSR count). The molecule has 1 aromatic rings. The summed E-state index contributed by atoms with van der Waals surface area (Å²) in [7, 11) is 0. The van der Waals surface area contributed by atoms with Gasteiger partial charge < -0.3 is 10.4 Å².